The number of unbranched alkanes of at least 4 members (excludes halogenated alkanes) is 3. The molecule has 0 bridgehead atoms. The fourth-order valence-corrected chi connectivity index (χ4v) is 2.82. The van der Waals surface area contributed by atoms with Crippen LogP contribution in [0.15, 0.2) is 30.3 Å². The molecule has 0 amide bonds. The number of likely N-dealkylation sites (N-methyl/N-ethyl adjacent to an activating group) is 1. The first-order valence-electron chi connectivity index (χ1n) is 9.84. The van der Waals surface area contributed by atoms with Crippen molar-refractivity contribution in [1.82, 2.24) is 0 Å². The Morgan fingerprint density at radius 3 is 2.40 bits per heavy atom. The minimum atomic E-state index is -0.169. The van der Waals surface area contributed by atoms with E-state index in [0.29, 0.717) is 19.6 Å². The summed E-state index contributed by atoms with van der Waals surface area (Å²) in [4.78, 5) is 13.5. The van der Waals surface area contributed by atoms with Crippen LogP contribution in [-0.2, 0) is 20.9 Å². The van der Waals surface area contributed by atoms with Gasteiger partial charge in [-0.1, -0.05) is 56.5 Å². The lowest BCUT2D eigenvalue weighted by atomic mass is 10.1. The summed E-state index contributed by atoms with van der Waals surface area (Å²) in [6, 6.07) is 10.1. The van der Waals surface area contributed by atoms with Gasteiger partial charge in [0.1, 0.15) is 6.54 Å². The standard InChI is InChI=1S/C21H35NO3/c1-4-7-8-12-15-21(23)25-20(16-22(5-2)6-3)18-24-17-19-13-10-9-11-14-19/h9-11,13-14,20H,4-8,12,15-18H2,1-3H3/p+1/t20-/m0/s1. The molecule has 0 unspecified atom stereocenters. The van der Waals surface area contributed by atoms with Crippen LogP contribution in [0.4, 0.5) is 0 Å². The zero-order chi connectivity index (χ0) is 18.3. The Labute approximate surface area is 153 Å². The number of hydrogen-bond acceptors (Lipinski definition) is 3. The largest absolute Gasteiger partial charge is 0.454 e. The van der Waals surface area contributed by atoms with Crippen LogP contribution < -0.4 is 4.90 Å². The summed E-state index contributed by atoms with van der Waals surface area (Å²) in [7, 11) is 0. The predicted octanol–water partition coefficient (Wildman–Crippen LogP) is 3.01. The van der Waals surface area contributed by atoms with Crippen molar-refractivity contribution in [1.29, 1.82) is 0 Å². The van der Waals surface area contributed by atoms with Crippen LogP contribution in [0.5, 0.6) is 0 Å². The fraction of sp³-hybridized carbons (Fsp3) is 0.667. The summed E-state index contributed by atoms with van der Waals surface area (Å²) >= 11 is 0. The fourth-order valence-electron chi connectivity index (χ4n) is 2.82. The highest BCUT2D eigenvalue weighted by Crippen LogP contribution is 2.06. The van der Waals surface area contributed by atoms with Crippen molar-refractivity contribution in [2.24, 2.45) is 0 Å². The number of quaternary nitrogens is 1. The molecule has 1 rings (SSSR count). The highest BCUT2D eigenvalue weighted by atomic mass is 16.6. The van der Waals surface area contributed by atoms with Gasteiger partial charge in [-0.3, -0.25) is 4.79 Å². The van der Waals surface area contributed by atoms with E-state index in [-0.39, 0.29) is 12.1 Å². The lowest BCUT2D eigenvalue weighted by Gasteiger charge is -2.23. The Balaban J connectivity index is 2.43. The topological polar surface area (TPSA) is 40.0 Å². The van der Waals surface area contributed by atoms with E-state index in [2.05, 4.69) is 20.8 Å². The van der Waals surface area contributed by atoms with E-state index < -0.39 is 0 Å². The first-order chi connectivity index (χ1) is 12.2. The van der Waals surface area contributed by atoms with Crippen molar-refractivity contribution >= 4 is 5.97 Å². The summed E-state index contributed by atoms with van der Waals surface area (Å²) in [6.45, 7) is 10.4. The van der Waals surface area contributed by atoms with E-state index in [1.165, 1.54) is 17.7 Å². The van der Waals surface area contributed by atoms with Gasteiger partial charge in [0.15, 0.2) is 6.10 Å². The third kappa shape index (κ3) is 10.3. The average Bonchev–Trinajstić information content (AvgIpc) is 2.64. The molecule has 0 fully saturated rings. The zero-order valence-corrected chi connectivity index (χ0v) is 16.3. The Hall–Kier alpha value is -1.39. The first-order valence-corrected chi connectivity index (χ1v) is 9.84. The molecule has 1 N–H and O–H groups in total. The molecular weight excluding hydrogens is 314 g/mol. The predicted molar refractivity (Wildman–Crippen MR) is 102 cm³/mol. The van der Waals surface area contributed by atoms with Crippen molar-refractivity contribution in [2.45, 2.75) is 65.6 Å². The molecule has 1 aromatic rings. The van der Waals surface area contributed by atoms with E-state index in [1.54, 1.807) is 0 Å². The molecule has 0 aliphatic carbocycles. The average molecular weight is 351 g/mol. The second-order valence-corrected chi connectivity index (χ2v) is 6.58. The molecule has 142 valence electrons. The zero-order valence-electron chi connectivity index (χ0n) is 16.3. The van der Waals surface area contributed by atoms with E-state index in [0.717, 1.165) is 38.0 Å². The molecule has 1 atom stereocenters. The van der Waals surface area contributed by atoms with Crippen LogP contribution >= 0.6 is 0 Å². The summed E-state index contributed by atoms with van der Waals surface area (Å²) < 4.78 is 11.5. The molecule has 0 radical (unpaired) electrons. The number of benzene rings is 1. The van der Waals surface area contributed by atoms with Gasteiger partial charge in [0.05, 0.1) is 26.3 Å². The molecule has 0 spiro atoms. The summed E-state index contributed by atoms with van der Waals surface area (Å²) in [5.41, 5.74) is 1.14. The normalized spacial score (nSPS) is 12.3. The molecular formula is C21H36NO3+. The van der Waals surface area contributed by atoms with Crippen LogP contribution in [0.25, 0.3) is 0 Å². The van der Waals surface area contributed by atoms with Crippen molar-refractivity contribution in [3.05, 3.63) is 35.9 Å². The second kappa shape index (κ2) is 13.9. The van der Waals surface area contributed by atoms with Gasteiger partial charge in [-0.25, -0.2) is 0 Å². The van der Waals surface area contributed by atoms with Crippen LogP contribution in [-0.4, -0.2) is 38.3 Å². The summed E-state index contributed by atoms with van der Waals surface area (Å²) in [5, 5.41) is 0. The number of ether oxygens (including phenoxy) is 2. The lowest BCUT2D eigenvalue weighted by molar-refractivity contribution is -0.899. The van der Waals surface area contributed by atoms with Gasteiger partial charge < -0.3 is 14.4 Å². The quantitative estimate of drug-likeness (QED) is 0.414. The highest BCUT2D eigenvalue weighted by molar-refractivity contribution is 5.69. The van der Waals surface area contributed by atoms with Crippen LogP contribution in [0.1, 0.15) is 58.4 Å². The third-order valence-electron chi connectivity index (χ3n) is 4.46. The molecule has 4 heteroatoms. The maximum absolute atomic E-state index is 12.1. The minimum absolute atomic E-state index is 0.0871. The maximum Gasteiger partial charge on any atom is 0.306 e. The first kappa shape index (κ1) is 21.7. The Morgan fingerprint density at radius 1 is 1.04 bits per heavy atom. The Bertz CT molecular complexity index is 446. The number of carbonyl (C=O) groups is 1. The Kier molecular flexibility index (Phi) is 12.0. The second-order valence-electron chi connectivity index (χ2n) is 6.58. The van der Waals surface area contributed by atoms with Crippen LogP contribution in [0.3, 0.4) is 0 Å². The molecule has 0 aromatic heterocycles. The third-order valence-corrected chi connectivity index (χ3v) is 4.46. The molecule has 4 nitrogen and oxygen atoms in total. The van der Waals surface area contributed by atoms with Gasteiger partial charge in [-0.15, -0.1) is 0 Å². The minimum Gasteiger partial charge on any atom is -0.454 e. The Morgan fingerprint density at radius 2 is 1.76 bits per heavy atom. The van der Waals surface area contributed by atoms with E-state index in [9.17, 15) is 4.79 Å². The molecule has 0 saturated heterocycles. The van der Waals surface area contributed by atoms with Gasteiger partial charge in [0, 0.05) is 6.42 Å². The monoisotopic (exact) mass is 350 g/mol. The number of nitrogens with one attached hydrogen (secondary N) is 1. The summed E-state index contributed by atoms with van der Waals surface area (Å²) in [6.07, 6.45) is 4.72. The molecule has 0 saturated carbocycles. The van der Waals surface area contributed by atoms with Gasteiger partial charge in [0.25, 0.3) is 0 Å². The number of hydrogen-bond donors (Lipinski definition) is 1. The van der Waals surface area contributed by atoms with Crippen molar-refractivity contribution in [3.63, 3.8) is 0 Å². The number of rotatable bonds is 14. The van der Waals surface area contributed by atoms with Crippen LogP contribution in [0, 0.1) is 0 Å². The number of esters is 1. The van der Waals surface area contributed by atoms with Gasteiger partial charge in [-0.2, -0.15) is 0 Å². The van der Waals surface area contributed by atoms with Gasteiger partial charge in [0.2, 0.25) is 0 Å². The molecule has 1 aromatic carbocycles. The number of carbonyl (C=O) groups excluding carboxylic acids is 1. The van der Waals surface area contributed by atoms with Crippen molar-refractivity contribution < 1.29 is 19.2 Å². The highest BCUT2D eigenvalue weighted by Gasteiger charge is 2.20. The van der Waals surface area contributed by atoms with Gasteiger partial charge >= 0.3 is 5.97 Å². The van der Waals surface area contributed by atoms with Gasteiger partial charge in [-0.05, 0) is 25.8 Å². The van der Waals surface area contributed by atoms with E-state index in [1.807, 2.05) is 30.3 Å². The molecule has 0 aliphatic rings. The van der Waals surface area contributed by atoms with E-state index >= 15 is 0 Å². The SMILES string of the molecule is CCCCCCC(=O)O[C@H](COCc1ccccc1)C[NH+](CC)CC. The molecule has 0 aliphatic heterocycles. The van der Waals surface area contributed by atoms with Crippen LogP contribution in [0.2, 0.25) is 0 Å². The van der Waals surface area contributed by atoms with E-state index in [4.69, 9.17) is 9.47 Å². The van der Waals surface area contributed by atoms with Crippen molar-refractivity contribution in [3.8, 4) is 0 Å². The van der Waals surface area contributed by atoms with Crippen molar-refractivity contribution in [2.75, 3.05) is 26.2 Å². The lowest BCUT2D eigenvalue weighted by Crippen LogP contribution is -3.12. The smallest absolute Gasteiger partial charge is 0.306 e. The summed E-state index contributed by atoms with van der Waals surface area (Å²) in [5.74, 6) is -0.0871. The maximum atomic E-state index is 12.1. The molecule has 0 heterocycles. The molecule has 25 heavy (non-hydrogen) atoms.